The van der Waals surface area contributed by atoms with E-state index in [1.807, 2.05) is 17.0 Å². The second-order valence-corrected chi connectivity index (χ2v) is 6.37. The van der Waals surface area contributed by atoms with Crippen LogP contribution in [-0.2, 0) is 0 Å². The minimum Gasteiger partial charge on any atom is -0.368 e. The first kappa shape index (κ1) is 16.2. The van der Waals surface area contributed by atoms with Crippen LogP contribution in [0.25, 0.3) is 0 Å². The van der Waals surface area contributed by atoms with E-state index in [1.165, 1.54) is 5.69 Å². The molecule has 0 aliphatic carbocycles. The van der Waals surface area contributed by atoms with Gasteiger partial charge in [0.25, 0.3) is 5.91 Å². The predicted molar refractivity (Wildman–Crippen MR) is 94.6 cm³/mol. The third kappa shape index (κ3) is 3.31. The summed E-state index contributed by atoms with van der Waals surface area (Å²) in [5.41, 5.74) is 2.70. The largest absolute Gasteiger partial charge is 0.368 e. The van der Waals surface area contributed by atoms with Crippen LogP contribution >= 0.6 is 23.2 Å². The molecule has 1 fully saturated rings. The van der Waals surface area contributed by atoms with Crippen molar-refractivity contribution in [3.05, 3.63) is 63.6 Å². The minimum atomic E-state index is -0.100. The Bertz CT molecular complexity index is 704. The van der Waals surface area contributed by atoms with E-state index in [0.29, 0.717) is 28.7 Å². The lowest BCUT2D eigenvalue weighted by Crippen LogP contribution is -2.49. The van der Waals surface area contributed by atoms with Crippen LogP contribution < -0.4 is 4.90 Å². The van der Waals surface area contributed by atoms with Crippen molar-refractivity contribution >= 4 is 34.8 Å². The fourth-order valence-electron chi connectivity index (χ4n) is 2.86. The lowest BCUT2D eigenvalue weighted by atomic mass is 10.1. The summed E-state index contributed by atoms with van der Waals surface area (Å²) in [5, 5.41) is 0.803. The molecule has 0 atom stereocenters. The average molecular weight is 348 g/mol. The van der Waals surface area contributed by atoms with Crippen LogP contribution in [0.2, 0.25) is 10.0 Å². The highest BCUT2D eigenvalue weighted by molar-refractivity contribution is 6.39. The third-order valence-corrected chi connectivity index (χ3v) is 4.75. The van der Waals surface area contributed by atoms with Crippen molar-refractivity contribution in [1.29, 1.82) is 0 Å². The van der Waals surface area contributed by atoms with Gasteiger partial charge in [-0.15, -0.1) is 0 Å². The van der Waals surface area contributed by atoms with Crippen LogP contribution in [0.1, 0.15) is 15.9 Å². The molecule has 2 aromatic carbocycles. The molecular weight excluding hydrogens is 331 g/mol. The van der Waals surface area contributed by atoms with Crippen LogP contribution in [0.15, 0.2) is 36.4 Å². The molecule has 1 saturated heterocycles. The monoisotopic (exact) mass is 347 g/mol. The van der Waals surface area contributed by atoms with E-state index < -0.39 is 0 Å². The van der Waals surface area contributed by atoms with Crippen LogP contribution in [-0.4, -0.2) is 37.0 Å². The molecule has 3 nitrogen and oxygen atoms in total. The van der Waals surface area contributed by atoms with E-state index in [4.69, 9.17) is 23.2 Å². The van der Waals surface area contributed by atoms with Crippen molar-refractivity contribution in [1.82, 2.24) is 4.90 Å². The highest BCUT2D eigenvalue weighted by atomic mass is 35.5. The maximum Gasteiger partial charge on any atom is 0.257 e. The molecule has 1 aliphatic rings. The molecule has 119 valence electrons. The first-order chi connectivity index (χ1) is 11.1. The number of rotatable bonds is 2. The predicted octanol–water partition coefficient (Wildman–Crippen LogP) is 4.06. The fourth-order valence-corrected chi connectivity index (χ4v) is 3.42. The molecule has 0 N–H and O–H groups in total. The minimum absolute atomic E-state index is 0.100. The van der Waals surface area contributed by atoms with Gasteiger partial charge in [0.1, 0.15) is 0 Å². The molecule has 0 unspecified atom stereocenters. The van der Waals surface area contributed by atoms with Gasteiger partial charge in [0.2, 0.25) is 0 Å². The molecule has 5 heteroatoms. The van der Waals surface area contributed by atoms with Gasteiger partial charge >= 0.3 is 0 Å². The molecule has 0 saturated carbocycles. The van der Waals surface area contributed by atoms with Gasteiger partial charge in [-0.25, -0.2) is 0 Å². The standard InChI is InChI=1S/C18H17Cl2N2O/c1-13-5-2-3-8-16(13)21-9-11-22(12-10-21)18(23)17-14(19)6-4-7-15(17)20/h2-4,6-8H,9-12H2,1H3. The second kappa shape index (κ2) is 6.81. The second-order valence-electron chi connectivity index (χ2n) is 5.56. The fraction of sp³-hybridized carbons (Fsp3) is 0.278. The molecule has 2 aromatic rings. The summed E-state index contributed by atoms with van der Waals surface area (Å²) in [6.07, 6.45) is 0. The van der Waals surface area contributed by atoms with E-state index in [-0.39, 0.29) is 5.91 Å². The molecule has 0 spiro atoms. The molecule has 23 heavy (non-hydrogen) atoms. The zero-order valence-corrected chi connectivity index (χ0v) is 14.4. The van der Waals surface area contributed by atoms with Gasteiger partial charge in [-0.05, 0) is 36.8 Å². The molecule has 1 radical (unpaired) electrons. The maximum absolute atomic E-state index is 12.7. The summed E-state index contributed by atoms with van der Waals surface area (Å²) in [5.74, 6) is -0.100. The van der Waals surface area contributed by atoms with E-state index in [9.17, 15) is 4.79 Å². The highest BCUT2D eigenvalue weighted by Gasteiger charge is 2.25. The normalized spacial score (nSPS) is 14.9. The van der Waals surface area contributed by atoms with Crippen molar-refractivity contribution < 1.29 is 4.79 Å². The number of aryl methyl sites for hydroxylation is 1. The van der Waals surface area contributed by atoms with Crippen molar-refractivity contribution in [3.63, 3.8) is 0 Å². The van der Waals surface area contributed by atoms with Gasteiger partial charge in [-0.1, -0.05) is 41.4 Å². The molecule has 1 amide bonds. The number of hydrogen-bond donors (Lipinski definition) is 0. The van der Waals surface area contributed by atoms with Gasteiger partial charge in [-0.3, -0.25) is 4.79 Å². The lowest BCUT2D eigenvalue weighted by Gasteiger charge is -2.37. The first-order valence-electron chi connectivity index (χ1n) is 7.53. The number of benzene rings is 2. The van der Waals surface area contributed by atoms with Crippen LogP contribution in [0.4, 0.5) is 5.69 Å². The van der Waals surface area contributed by atoms with Gasteiger partial charge in [0, 0.05) is 31.9 Å². The van der Waals surface area contributed by atoms with Crippen molar-refractivity contribution in [3.8, 4) is 0 Å². The quantitative estimate of drug-likeness (QED) is 0.817. The number of amides is 1. The smallest absolute Gasteiger partial charge is 0.257 e. The van der Waals surface area contributed by atoms with E-state index >= 15 is 0 Å². The number of hydrogen-bond acceptors (Lipinski definition) is 2. The Morgan fingerprint density at radius 3 is 2.30 bits per heavy atom. The number of carbonyl (C=O) groups excluding carboxylic acids is 1. The van der Waals surface area contributed by atoms with Crippen LogP contribution in [0, 0.1) is 13.0 Å². The molecule has 0 aromatic heterocycles. The number of halogens is 2. The van der Waals surface area contributed by atoms with Crippen LogP contribution in [0.5, 0.6) is 0 Å². The lowest BCUT2D eigenvalue weighted by molar-refractivity contribution is 0.0747. The van der Waals surface area contributed by atoms with Crippen LogP contribution in [0.3, 0.4) is 0 Å². The SMILES string of the molecule is Cc1[c]cccc1N1CCN(C(=O)c2c(Cl)cccc2Cl)CC1. The Morgan fingerprint density at radius 1 is 1.04 bits per heavy atom. The number of piperazine rings is 1. The van der Waals surface area contributed by atoms with Crippen molar-refractivity contribution in [2.45, 2.75) is 6.92 Å². The van der Waals surface area contributed by atoms with Crippen molar-refractivity contribution in [2.75, 3.05) is 31.1 Å². The zero-order valence-electron chi connectivity index (χ0n) is 12.9. The zero-order chi connectivity index (χ0) is 16.4. The highest BCUT2D eigenvalue weighted by Crippen LogP contribution is 2.27. The molecule has 3 rings (SSSR count). The topological polar surface area (TPSA) is 23.6 Å². The van der Waals surface area contributed by atoms with Gasteiger partial charge in [0.15, 0.2) is 0 Å². The van der Waals surface area contributed by atoms with Crippen molar-refractivity contribution in [2.24, 2.45) is 0 Å². The number of anilines is 1. The van der Waals surface area contributed by atoms with Gasteiger partial charge in [-0.2, -0.15) is 0 Å². The number of carbonyl (C=O) groups is 1. The summed E-state index contributed by atoms with van der Waals surface area (Å²) in [7, 11) is 0. The Labute approximate surface area is 146 Å². The Hall–Kier alpha value is -1.71. The molecule has 0 bridgehead atoms. The molecule has 1 aliphatic heterocycles. The van der Waals surface area contributed by atoms with E-state index in [0.717, 1.165) is 18.7 Å². The Balaban J connectivity index is 1.72. The molecule has 1 heterocycles. The number of nitrogens with zero attached hydrogens (tertiary/aromatic N) is 2. The molecular formula is C18H17Cl2N2O. The van der Waals surface area contributed by atoms with Gasteiger partial charge < -0.3 is 9.80 Å². The third-order valence-electron chi connectivity index (χ3n) is 4.12. The maximum atomic E-state index is 12.7. The Morgan fingerprint density at radius 2 is 1.70 bits per heavy atom. The summed E-state index contributed by atoms with van der Waals surface area (Å²) in [6, 6.07) is 14.3. The first-order valence-corrected chi connectivity index (χ1v) is 8.29. The summed E-state index contributed by atoms with van der Waals surface area (Å²) in [6.45, 7) is 4.92. The summed E-state index contributed by atoms with van der Waals surface area (Å²) in [4.78, 5) is 16.8. The summed E-state index contributed by atoms with van der Waals surface area (Å²) < 4.78 is 0. The average Bonchev–Trinajstić information content (AvgIpc) is 2.55. The Kier molecular flexibility index (Phi) is 4.79. The van der Waals surface area contributed by atoms with E-state index in [2.05, 4.69) is 24.0 Å². The summed E-state index contributed by atoms with van der Waals surface area (Å²) >= 11 is 12.3. The van der Waals surface area contributed by atoms with Gasteiger partial charge in [0.05, 0.1) is 15.6 Å². The van der Waals surface area contributed by atoms with E-state index in [1.54, 1.807) is 18.2 Å².